The lowest BCUT2D eigenvalue weighted by molar-refractivity contribution is -0.384. The molecule has 198 valence electrons. The van der Waals surface area contributed by atoms with Crippen LogP contribution in [0.3, 0.4) is 0 Å². The molecule has 5 aromatic rings. The molecule has 0 spiro atoms. The van der Waals surface area contributed by atoms with Crippen molar-refractivity contribution in [3.8, 4) is 17.1 Å². The molecule has 7 rings (SSSR count). The van der Waals surface area contributed by atoms with Crippen molar-refractivity contribution in [3.63, 3.8) is 0 Å². The maximum atomic E-state index is 13.9. The third kappa shape index (κ3) is 3.95. The molecule has 0 bridgehead atoms. The van der Waals surface area contributed by atoms with Gasteiger partial charge in [-0.15, -0.1) is 11.3 Å². The van der Waals surface area contributed by atoms with Gasteiger partial charge in [0.05, 0.1) is 39.9 Å². The summed E-state index contributed by atoms with van der Waals surface area (Å²) in [6, 6.07) is 20.2. The van der Waals surface area contributed by atoms with Crippen LogP contribution in [0.4, 0.5) is 5.69 Å². The minimum absolute atomic E-state index is 0.124. The van der Waals surface area contributed by atoms with Crippen molar-refractivity contribution in [2.75, 3.05) is 7.11 Å². The van der Waals surface area contributed by atoms with E-state index in [1.165, 1.54) is 30.1 Å². The fraction of sp³-hybridized carbons (Fsp3) is 0.133. The number of ether oxygens (including phenoxy) is 1. The summed E-state index contributed by atoms with van der Waals surface area (Å²) in [6.45, 7) is 0. The molecule has 40 heavy (non-hydrogen) atoms. The van der Waals surface area contributed by atoms with Crippen molar-refractivity contribution in [3.05, 3.63) is 129 Å². The molecule has 0 N–H and O–H groups in total. The number of fused-ring (bicyclic) bond motifs is 3. The van der Waals surface area contributed by atoms with Crippen LogP contribution in [0.1, 0.15) is 34.2 Å². The summed E-state index contributed by atoms with van der Waals surface area (Å²) in [4.78, 5) is 31.8. The minimum Gasteiger partial charge on any atom is -0.497 e. The van der Waals surface area contributed by atoms with E-state index in [-0.39, 0.29) is 17.3 Å². The molecule has 2 aliphatic rings. The maximum absolute atomic E-state index is 13.9. The Kier molecular flexibility index (Phi) is 5.87. The topological polar surface area (TPSA) is 99.9 Å². The number of allylic oxidation sites excluding steroid dienone is 1. The van der Waals surface area contributed by atoms with E-state index >= 15 is 0 Å². The normalized spacial score (nSPS) is 16.2. The van der Waals surface area contributed by atoms with Gasteiger partial charge in [-0.3, -0.25) is 19.5 Å². The first kappa shape index (κ1) is 24.5. The van der Waals surface area contributed by atoms with Crippen LogP contribution in [0.5, 0.6) is 5.75 Å². The Balaban J connectivity index is 1.36. The molecule has 4 heterocycles. The van der Waals surface area contributed by atoms with Crippen molar-refractivity contribution in [1.29, 1.82) is 0 Å². The number of nitro benzene ring substituents is 1. The molecule has 0 fully saturated rings. The summed E-state index contributed by atoms with van der Waals surface area (Å²) in [6.07, 6.45) is 3.43. The predicted molar refractivity (Wildman–Crippen MR) is 154 cm³/mol. The number of thiazole rings is 1. The Morgan fingerprint density at radius 2 is 1.98 bits per heavy atom. The predicted octanol–water partition coefficient (Wildman–Crippen LogP) is 5.56. The molecule has 10 heteroatoms. The number of aryl methyl sites for hydroxylation is 1. The molecule has 1 aliphatic carbocycles. The molecule has 1 atom stereocenters. The summed E-state index contributed by atoms with van der Waals surface area (Å²) < 4.78 is 13.4. The molecule has 3 aromatic heterocycles. The number of nitro groups is 1. The number of furan rings is 1. The van der Waals surface area contributed by atoms with Crippen molar-refractivity contribution in [2.45, 2.75) is 18.9 Å². The number of thiophene rings is 1. The smallest absolute Gasteiger partial charge is 0.284 e. The summed E-state index contributed by atoms with van der Waals surface area (Å²) in [5.74, 6) is 1.14. The van der Waals surface area contributed by atoms with Crippen LogP contribution >= 0.6 is 22.7 Å². The van der Waals surface area contributed by atoms with Gasteiger partial charge in [0.1, 0.15) is 17.3 Å². The maximum Gasteiger partial charge on any atom is 0.284 e. The van der Waals surface area contributed by atoms with E-state index in [0.29, 0.717) is 32.2 Å². The Morgan fingerprint density at radius 3 is 2.77 bits per heavy atom. The summed E-state index contributed by atoms with van der Waals surface area (Å²) in [7, 11) is 1.46. The first-order valence-corrected chi connectivity index (χ1v) is 14.3. The minimum atomic E-state index is -0.470. The van der Waals surface area contributed by atoms with Gasteiger partial charge in [0, 0.05) is 16.5 Å². The zero-order valence-electron chi connectivity index (χ0n) is 21.2. The number of hydrogen-bond acceptors (Lipinski definition) is 8. The number of rotatable bonds is 5. The van der Waals surface area contributed by atoms with E-state index in [9.17, 15) is 14.9 Å². The van der Waals surface area contributed by atoms with Gasteiger partial charge in [-0.05, 0) is 59.7 Å². The number of benzene rings is 2. The standard InChI is InChI=1S/C30H21N3O5S2/c1-37-18-9-12-21(23(15-18)33(35)36)24-13-10-19(38-24)16-26-29(34)32-28(25-7-4-14-39-25)22-11-8-17-5-2-3-6-20(17)27(22)31-30(32)40-26/h2-7,9-10,12-16,28H,8,11H2,1H3/b26-16+/t28-/m1/s1. The summed E-state index contributed by atoms with van der Waals surface area (Å²) in [5.41, 5.74) is 4.58. The number of methoxy groups -OCH3 is 1. The molecular formula is C30H21N3O5S2. The molecule has 0 saturated heterocycles. The largest absolute Gasteiger partial charge is 0.497 e. The Morgan fingerprint density at radius 1 is 1.10 bits per heavy atom. The van der Waals surface area contributed by atoms with E-state index in [1.54, 1.807) is 46.2 Å². The zero-order chi connectivity index (χ0) is 27.4. The first-order chi connectivity index (χ1) is 19.5. The van der Waals surface area contributed by atoms with Gasteiger partial charge in [-0.2, -0.15) is 0 Å². The highest BCUT2D eigenvalue weighted by Crippen LogP contribution is 2.42. The van der Waals surface area contributed by atoms with Crippen molar-refractivity contribution in [1.82, 2.24) is 4.57 Å². The summed E-state index contributed by atoms with van der Waals surface area (Å²) in [5, 5.41) is 13.7. The van der Waals surface area contributed by atoms with Crippen LogP contribution in [0.15, 0.2) is 91.9 Å². The van der Waals surface area contributed by atoms with E-state index < -0.39 is 4.92 Å². The van der Waals surface area contributed by atoms with Gasteiger partial charge in [-0.25, -0.2) is 4.99 Å². The van der Waals surface area contributed by atoms with Crippen LogP contribution in [0.2, 0.25) is 0 Å². The number of aromatic nitrogens is 1. The van der Waals surface area contributed by atoms with Crippen LogP contribution in [-0.4, -0.2) is 16.6 Å². The highest BCUT2D eigenvalue weighted by Gasteiger charge is 2.33. The highest BCUT2D eigenvalue weighted by atomic mass is 32.1. The monoisotopic (exact) mass is 567 g/mol. The van der Waals surface area contributed by atoms with Crippen LogP contribution in [0.25, 0.3) is 23.1 Å². The Hall–Kier alpha value is -4.54. The van der Waals surface area contributed by atoms with Crippen molar-refractivity contribution >= 4 is 40.1 Å². The van der Waals surface area contributed by atoms with E-state index in [0.717, 1.165) is 34.6 Å². The van der Waals surface area contributed by atoms with Gasteiger partial charge in [-0.1, -0.05) is 41.7 Å². The van der Waals surface area contributed by atoms with Gasteiger partial charge < -0.3 is 9.15 Å². The lowest BCUT2D eigenvalue weighted by Crippen LogP contribution is -2.38. The van der Waals surface area contributed by atoms with Crippen LogP contribution < -0.4 is 19.6 Å². The van der Waals surface area contributed by atoms with Crippen molar-refractivity contribution < 1.29 is 14.1 Å². The van der Waals surface area contributed by atoms with Gasteiger partial charge in [0.15, 0.2) is 4.80 Å². The lowest BCUT2D eigenvalue weighted by atomic mass is 9.85. The molecule has 0 amide bonds. The van der Waals surface area contributed by atoms with Crippen LogP contribution in [-0.2, 0) is 6.42 Å². The SMILES string of the molecule is COc1ccc(-c2ccc(/C=c3/sc4n(c3=O)[C@@H](c3cccs3)C3=C(N=4)c4ccccc4CC3)o2)c([N+](=O)[O-])c1. The van der Waals surface area contributed by atoms with Crippen LogP contribution in [0, 0.1) is 10.1 Å². The Bertz CT molecular complexity index is 2010. The fourth-order valence-corrected chi connectivity index (χ4v) is 7.25. The van der Waals surface area contributed by atoms with Gasteiger partial charge in [0.2, 0.25) is 0 Å². The third-order valence-electron chi connectivity index (χ3n) is 7.25. The number of hydrogen-bond donors (Lipinski definition) is 0. The van der Waals surface area contributed by atoms with Gasteiger partial charge >= 0.3 is 0 Å². The van der Waals surface area contributed by atoms with Crippen molar-refractivity contribution in [2.24, 2.45) is 4.99 Å². The highest BCUT2D eigenvalue weighted by molar-refractivity contribution is 7.10. The van der Waals surface area contributed by atoms with E-state index in [1.807, 2.05) is 17.5 Å². The second-order valence-electron chi connectivity index (χ2n) is 9.47. The zero-order valence-corrected chi connectivity index (χ0v) is 22.8. The Labute approximate surface area is 235 Å². The van der Waals surface area contributed by atoms with E-state index in [4.69, 9.17) is 14.1 Å². The van der Waals surface area contributed by atoms with Gasteiger partial charge in [0.25, 0.3) is 11.2 Å². The first-order valence-electron chi connectivity index (χ1n) is 12.6. The molecule has 8 nitrogen and oxygen atoms in total. The van der Waals surface area contributed by atoms with E-state index in [2.05, 4.69) is 24.3 Å². The quantitative estimate of drug-likeness (QED) is 0.205. The lowest BCUT2D eigenvalue weighted by Gasteiger charge is -2.30. The summed E-state index contributed by atoms with van der Waals surface area (Å²) >= 11 is 2.96. The fourth-order valence-electron chi connectivity index (χ4n) is 5.42. The molecule has 0 saturated carbocycles. The second kappa shape index (κ2) is 9.58. The number of nitrogens with zero attached hydrogens (tertiary/aromatic N) is 3. The molecule has 1 aliphatic heterocycles. The molecular weight excluding hydrogens is 546 g/mol. The third-order valence-corrected chi connectivity index (χ3v) is 9.16. The second-order valence-corrected chi connectivity index (χ2v) is 11.5. The average Bonchev–Trinajstić information content (AvgIpc) is 3.73. The molecule has 2 aromatic carbocycles. The molecule has 0 radical (unpaired) electrons. The average molecular weight is 568 g/mol. The molecule has 0 unspecified atom stereocenters.